The van der Waals surface area contributed by atoms with E-state index < -0.39 is 10.7 Å². The van der Waals surface area contributed by atoms with Gasteiger partial charge in [0.2, 0.25) is 5.82 Å². The summed E-state index contributed by atoms with van der Waals surface area (Å²) in [4.78, 5) is 38.0. The first kappa shape index (κ1) is 28.7. The number of nitrogens with one attached hydrogen (secondary N) is 1. The van der Waals surface area contributed by atoms with E-state index in [1.165, 1.54) is 27.4 Å². The lowest BCUT2D eigenvalue weighted by molar-refractivity contribution is -0.138. The first-order chi connectivity index (χ1) is 16.7. The van der Waals surface area contributed by atoms with E-state index in [1.54, 1.807) is 13.8 Å². The number of thioether (sulfide) groups is 1. The molecule has 0 aliphatic heterocycles. The number of benzene rings is 1. The third-order valence-corrected chi connectivity index (χ3v) is 7.04. The molecule has 2 rings (SSSR count). The predicted octanol–water partition coefficient (Wildman–Crippen LogP) is 4.79. The molecule has 1 heterocycles. The second-order valence-electron chi connectivity index (χ2n) is 9.32. The number of hydrogen-bond acceptors (Lipinski definition) is 6. The van der Waals surface area contributed by atoms with Crippen LogP contribution in [-0.4, -0.2) is 36.7 Å². The number of anilines is 1. The summed E-state index contributed by atoms with van der Waals surface area (Å²) in [6.07, 6.45) is 7.71. The zero-order chi connectivity index (χ0) is 25.8. The van der Waals surface area contributed by atoms with E-state index in [-0.39, 0.29) is 17.1 Å². The van der Waals surface area contributed by atoms with Gasteiger partial charge in [-0.25, -0.2) is 9.48 Å². The zero-order valence-corrected chi connectivity index (χ0v) is 22.3. The van der Waals surface area contributed by atoms with Crippen LogP contribution in [0.15, 0.2) is 38.8 Å². The quantitative estimate of drug-likeness (QED) is 0.250. The molecule has 0 atom stereocenters. The Morgan fingerprint density at radius 1 is 1.00 bits per heavy atom. The molecule has 0 bridgehead atoms. The monoisotopic (exact) mass is 504 g/mol. The molecule has 0 saturated carbocycles. The average molecular weight is 505 g/mol. The molecule has 0 radical (unpaired) electrons. The van der Waals surface area contributed by atoms with Gasteiger partial charge in [0.1, 0.15) is 4.75 Å². The van der Waals surface area contributed by atoms with E-state index in [0.29, 0.717) is 26.1 Å². The molecule has 0 aliphatic rings. The summed E-state index contributed by atoms with van der Waals surface area (Å²) < 4.78 is 1.84. The number of carbonyl (C=O) groups is 1. The number of unbranched alkanes of at least 4 members (excludes halogenated alkanes) is 5. The predicted molar refractivity (Wildman–Crippen MR) is 143 cm³/mol. The molecule has 1 aromatic heterocycles. The van der Waals surface area contributed by atoms with Gasteiger partial charge in [0.15, 0.2) is 0 Å². The summed E-state index contributed by atoms with van der Waals surface area (Å²) in [6.45, 7) is 8.97. The summed E-state index contributed by atoms with van der Waals surface area (Å²) >= 11 is 1.31. The van der Waals surface area contributed by atoms with Crippen LogP contribution in [0, 0.1) is 0 Å². The largest absolute Gasteiger partial charge is 0.480 e. The normalized spacial score (nSPS) is 11.5. The van der Waals surface area contributed by atoms with Crippen LogP contribution in [0.3, 0.4) is 0 Å². The molecule has 194 valence electrons. The van der Waals surface area contributed by atoms with Gasteiger partial charge < -0.3 is 10.4 Å². The smallest absolute Gasteiger partial charge is 0.347 e. The molecule has 0 unspecified atom stereocenters. The fraction of sp³-hybridized carbons (Fsp3) is 0.615. The highest BCUT2D eigenvalue weighted by Crippen LogP contribution is 2.32. The molecular formula is C26H40N4O4S. The van der Waals surface area contributed by atoms with Crippen LogP contribution < -0.4 is 16.6 Å². The Morgan fingerprint density at radius 2 is 1.66 bits per heavy atom. The first-order valence-electron chi connectivity index (χ1n) is 12.7. The Labute approximate surface area is 212 Å². The SMILES string of the molecule is CCCCCCCn1nc(NCCc2ccc(SC(C)(C)C(=O)O)cc2)c(=O)n(CCCC)c1=O. The van der Waals surface area contributed by atoms with Crippen molar-refractivity contribution < 1.29 is 9.90 Å². The van der Waals surface area contributed by atoms with Gasteiger partial charge in [-0.15, -0.1) is 16.9 Å². The number of aliphatic carboxylic acids is 1. The number of aromatic nitrogens is 3. The minimum Gasteiger partial charge on any atom is -0.480 e. The van der Waals surface area contributed by atoms with E-state index in [9.17, 15) is 19.5 Å². The number of aryl methyl sites for hydroxylation is 1. The summed E-state index contributed by atoms with van der Waals surface area (Å²) in [6, 6.07) is 7.76. The van der Waals surface area contributed by atoms with Crippen molar-refractivity contribution in [2.45, 2.75) is 102 Å². The van der Waals surface area contributed by atoms with Gasteiger partial charge in [0.25, 0.3) is 5.56 Å². The van der Waals surface area contributed by atoms with Crippen LogP contribution in [0.25, 0.3) is 0 Å². The number of carboxylic acids is 1. The molecule has 0 spiro atoms. The Balaban J connectivity index is 2.06. The summed E-state index contributed by atoms with van der Waals surface area (Å²) in [5.74, 6) is -0.639. The topological polar surface area (TPSA) is 106 Å². The molecule has 0 amide bonds. The third kappa shape index (κ3) is 8.87. The van der Waals surface area contributed by atoms with Crippen LogP contribution in [0.5, 0.6) is 0 Å². The standard InChI is InChI=1S/C26H40N4O4S/c1-5-7-9-10-11-19-30-25(34)29(18-8-6-2)23(31)22(28-30)27-17-16-20-12-14-21(15-13-20)35-26(3,4)24(32)33/h12-15H,5-11,16-19H2,1-4H3,(H,27,28)(H,32,33). The second-order valence-corrected chi connectivity index (χ2v) is 11.0. The van der Waals surface area contributed by atoms with Crippen LogP contribution in [0.2, 0.25) is 0 Å². The molecule has 0 saturated heterocycles. The molecule has 2 aromatic rings. The highest BCUT2D eigenvalue weighted by atomic mass is 32.2. The summed E-state index contributed by atoms with van der Waals surface area (Å²) in [7, 11) is 0. The molecule has 2 N–H and O–H groups in total. The maximum atomic E-state index is 12.9. The van der Waals surface area contributed by atoms with Gasteiger partial charge in [-0.3, -0.25) is 14.2 Å². The summed E-state index contributed by atoms with van der Waals surface area (Å²) in [5.41, 5.74) is 0.362. The fourth-order valence-electron chi connectivity index (χ4n) is 3.58. The number of hydrogen-bond donors (Lipinski definition) is 2. The minimum atomic E-state index is -0.897. The van der Waals surface area contributed by atoms with Crippen molar-refractivity contribution in [2.24, 2.45) is 0 Å². The van der Waals surface area contributed by atoms with Gasteiger partial charge in [0, 0.05) is 24.5 Å². The minimum absolute atomic E-state index is 0.213. The van der Waals surface area contributed by atoms with Crippen molar-refractivity contribution in [1.82, 2.24) is 14.3 Å². The molecule has 8 nitrogen and oxygen atoms in total. The van der Waals surface area contributed by atoms with Crippen molar-refractivity contribution >= 4 is 23.5 Å². The van der Waals surface area contributed by atoms with Crippen molar-refractivity contribution in [3.05, 3.63) is 50.7 Å². The Kier molecular flexibility index (Phi) is 11.6. The van der Waals surface area contributed by atoms with E-state index in [4.69, 9.17) is 0 Å². The Bertz CT molecular complexity index is 1060. The van der Waals surface area contributed by atoms with Crippen molar-refractivity contribution in [2.75, 3.05) is 11.9 Å². The molecule has 0 aliphatic carbocycles. The van der Waals surface area contributed by atoms with E-state index in [0.717, 1.165) is 49.0 Å². The lowest BCUT2D eigenvalue weighted by Crippen LogP contribution is -2.43. The Hall–Kier alpha value is -2.55. The van der Waals surface area contributed by atoms with Crippen LogP contribution >= 0.6 is 11.8 Å². The van der Waals surface area contributed by atoms with Crippen molar-refractivity contribution in [3.8, 4) is 0 Å². The van der Waals surface area contributed by atoms with E-state index >= 15 is 0 Å². The molecular weight excluding hydrogens is 464 g/mol. The third-order valence-electron chi connectivity index (χ3n) is 5.85. The molecule has 0 fully saturated rings. The van der Waals surface area contributed by atoms with Gasteiger partial charge >= 0.3 is 11.7 Å². The average Bonchev–Trinajstić information content (AvgIpc) is 2.82. The highest BCUT2D eigenvalue weighted by molar-refractivity contribution is 8.01. The maximum absolute atomic E-state index is 12.9. The Morgan fingerprint density at radius 3 is 2.29 bits per heavy atom. The summed E-state index contributed by atoms with van der Waals surface area (Å²) in [5, 5.41) is 16.8. The zero-order valence-electron chi connectivity index (χ0n) is 21.5. The lowest BCUT2D eigenvalue weighted by Gasteiger charge is -2.18. The highest BCUT2D eigenvalue weighted by Gasteiger charge is 2.28. The van der Waals surface area contributed by atoms with E-state index in [2.05, 4.69) is 17.3 Å². The number of nitrogens with zero attached hydrogens (tertiary/aromatic N) is 3. The molecule has 9 heteroatoms. The lowest BCUT2D eigenvalue weighted by atomic mass is 10.1. The van der Waals surface area contributed by atoms with Crippen LogP contribution in [0.4, 0.5) is 5.82 Å². The van der Waals surface area contributed by atoms with Crippen LogP contribution in [0.1, 0.15) is 78.2 Å². The number of carboxylic acid groups (broad SMARTS) is 1. The van der Waals surface area contributed by atoms with Gasteiger partial charge in [0.05, 0.1) is 0 Å². The van der Waals surface area contributed by atoms with Gasteiger partial charge in [-0.2, -0.15) is 0 Å². The fourth-order valence-corrected chi connectivity index (χ4v) is 4.53. The van der Waals surface area contributed by atoms with Crippen molar-refractivity contribution in [1.29, 1.82) is 0 Å². The molecule has 35 heavy (non-hydrogen) atoms. The van der Waals surface area contributed by atoms with Gasteiger partial charge in [-0.05, 0) is 50.8 Å². The van der Waals surface area contributed by atoms with E-state index in [1.807, 2.05) is 31.2 Å². The number of rotatable bonds is 16. The second kappa shape index (κ2) is 14.1. The van der Waals surface area contributed by atoms with Crippen LogP contribution in [-0.2, 0) is 24.3 Å². The maximum Gasteiger partial charge on any atom is 0.347 e. The molecule has 1 aromatic carbocycles. The van der Waals surface area contributed by atoms with Gasteiger partial charge in [-0.1, -0.05) is 58.1 Å². The first-order valence-corrected chi connectivity index (χ1v) is 13.5. The van der Waals surface area contributed by atoms with Crippen molar-refractivity contribution in [3.63, 3.8) is 0 Å².